The number of hydrogen-bond acceptors (Lipinski definition) is 4. The van der Waals surface area contributed by atoms with Crippen molar-refractivity contribution in [3.05, 3.63) is 0 Å². The van der Waals surface area contributed by atoms with Gasteiger partial charge < -0.3 is 4.74 Å². The first-order chi connectivity index (χ1) is 18.5. The minimum Gasteiger partial charge on any atom is -0.392 e. The molecule has 0 N–H and O–H groups in total. The van der Waals surface area contributed by atoms with Crippen LogP contribution in [0.3, 0.4) is 0 Å². The lowest BCUT2D eigenvalue weighted by Crippen LogP contribution is -2.21. The molecule has 0 amide bonds. The summed E-state index contributed by atoms with van der Waals surface area (Å²) < 4.78 is 18.4. The largest absolute Gasteiger partial charge is 0.392 e. The Morgan fingerprint density at radius 2 is 1.11 bits per heavy atom. The van der Waals surface area contributed by atoms with Crippen molar-refractivity contribution in [1.82, 2.24) is 0 Å². The van der Waals surface area contributed by atoms with Crippen molar-refractivity contribution >= 4 is 39.6 Å². The molecule has 3 nitrogen and oxygen atoms in total. The van der Waals surface area contributed by atoms with Gasteiger partial charge in [0.2, 0.25) is 0 Å². The molecule has 0 saturated carbocycles. The van der Waals surface area contributed by atoms with E-state index in [1.165, 1.54) is 83.5 Å². The molecule has 2 atom stereocenters. The van der Waals surface area contributed by atoms with Crippen LogP contribution < -0.4 is 0 Å². The molecule has 0 aromatic heterocycles. The average Bonchev–Trinajstić information content (AvgIpc) is 2.89. The van der Waals surface area contributed by atoms with E-state index in [9.17, 15) is 14.0 Å². The quantitative estimate of drug-likeness (QED) is 0.0360. The van der Waals surface area contributed by atoms with Crippen molar-refractivity contribution in [1.29, 1.82) is 0 Å². The van der Waals surface area contributed by atoms with E-state index in [0.29, 0.717) is 12.8 Å². The Hall–Kier alpha value is -0.100. The van der Waals surface area contributed by atoms with Gasteiger partial charge in [-0.25, -0.2) is 4.39 Å². The first-order valence-corrected chi connectivity index (χ1v) is 18.2. The van der Waals surface area contributed by atoms with E-state index in [2.05, 4.69) is 22.9 Å². The monoisotopic (exact) mass is 622 g/mol. The molecule has 0 fully saturated rings. The summed E-state index contributed by atoms with van der Waals surface area (Å²) in [6, 6.07) is 0. The number of thioether (sulfide) groups is 1. The lowest BCUT2D eigenvalue weighted by Gasteiger charge is -2.09. The van der Waals surface area contributed by atoms with E-state index in [1.54, 1.807) is 0 Å². The van der Waals surface area contributed by atoms with Gasteiger partial charge in [-0.1, -0.05) is 139 Å². The normalized spacial score (nSPS) is 12.9. The molecule has 0 rings (SSSR count). The van der Waals surface area contributed by atoms with E-state index in [-0.39, 0.29) is 4.83 Å². The first kappa shape index (κ1) is 37.9. The highest BCUT2D eigenvalue weighted by atomic mass is 79.9. The van der Waals surface area contributed by atoms with Crippen LogP contribution in [-0.4, -0.2) is 34.4 Å². The van der Waals surface area contributed by atoms with Crippen molar-refractivity contribution in [2.75, 3.05) is 11.5 Å². The highest BCUT2D eigenvalue weighted by Gasteiger charge is 2.19. The highest BCUT2D eigenvalue weighted by molar-refractivity contribution is 9.10. The second kappa shape index (κ2) is 29.9. The Kier molecular flexibility index (Phi) is 29.8. The van der Waals surface area contributed by atoms with Gasteiger partial charge in [-0.2, -0.15) is 11.8 Å². The number of ether oxygens (including phenoxy) is 1. The van der Waals surface area contributed by atoms with E-state index < -0.39 is 18.1 Å². The highest BCUT2D eigenvalue weighted by Crippen LogP contribution is 2.17. The molecule has 6 heteroatoms. The zero-order valence-electron chi connectivity index (χ0n) is 24.9. The summed E-state index contributed by atoms with van der Waals surface area (Å²) in [7, 11) is 0. The molecule has 0 saturated heterocycles. The minimum atomic E-state index is -0.601. The third kappa shape index (κ3) is 27.5. The summed E-state index contributed by atoms with van der Waals surface area (Å²) >= 11 is 5.34. The van der Waals surface area contributed by atoms with Crippen molar-refractivity contribution < 1.29 is 18.7 Å². The van der Waals surface area contributed by atoms with Gasteiger partial charge in [0.05, 0.1) is 0 Å². The van der Waals surface area contributed by atoms with Crippen molar-refractivity contribution in [2.45, 2.75) is 179 Å². The molecule has 226 valence electrons. The second-order valence-electron chi connectivity index (χ2n) is 11.0. The van der Waals surface area contributed by atoms with Gasteiger partial charge in [-0.15, -0.1) is 0 Å². The molecule has 0 radical (unpaired) electrons. The lowest BCUT2D eigenvalue weighted by molar-refractivity contribution is -0.159. The van der Waals surface area contributed by atoms with Gasteiger partial charge in [-0.05, 0) is 50.0 Å². The molecule has 0 aromatic carbocycles. The van der Waals surface area contributed by atoms with Gasteiger partial charge in [-0.3, -0.25) is 9.59 Å². The van der Waals surface area contributed by atoms with E-state index in [4.69, 9.17) is 4.74 Å². The van der Waals surface area contributed by atoms with Crippen LogP contribution in [0.25, 0.3) is 0 Å². The number of rotatable bonds is 29. The molecular weight excluding hydrogens is 563 g/mol. The van der Waals surface area contributed by atoms with Crippen LogP contribution in [0.5, 0.6) is 0 Å². The third-order valence-electron chi connectivity index (χ3n) is 7.11. The van der Waals surface area contributed by atoms with Gasteiger partial charge in [0, 0.05) is 6.42 Å². The van der Waals surface area contributed by atoms with Crippen LogP contribution in [0.1, 0.15) is 168 Å². The number of hydrogen-bond donors (Lipinski definition) is 0. The molecule has 2 unspecified atom stereocenters. The topological polar surface area (TPSA) is 43.4 Å². The van der Waals surface area contributed by atoms with Gasteiger partial charge in [0.25, 0.3) is 0 Å². The van der Waals surface area contributed by atoms with Gasteiger partial charge in [0.15, 0.2) is 0 Å². The third-order valence-corrected chi connectivity index (χ3v) is 9.10. The summed E-state index contributed by atoms with van der Waals surface area (Å²) in [5.74, 6) is 1.37. The number of carbonyl (C=O) groups is 2. The van der Waals surface area contributed by atoms with Gasteiger partial charge in [0.1, 0.15) is 11.0 Å². The SMILES string of the molecule is CCCCCCCCCCCCCCC(Br)C(=O)OC(=O)CCCCSCCCCCCCC(F)CCC. The zero-order chi connectivity index (χ0) is 28.1. The minimum absolute atomic E-state index is 0.318. The molecule has 0 heterocycles. The number of carbonyl (C=O) groups excluding carboxylic acids is 2. The van der Waals surface area contributed by atoms with E-state index >= 15 is 0 Å². The fourth-order valence-electron chi connectivity index (χ4n) is 4.64. The smallest absolute Gasteiger partial charge is 0.327 e. The van der Waals surface area contributed by atoms with Crippen LogP contribution in [0.2, 0.25) is 0 Å². The summed E-state index contributed by atoms with van der Waals surface area (Å²) in [4.78, 5) is 23.7. The maximum atomic E-state index is 13.4. The fraction of sp³-hybridized carbons (Fsp3) is 0.938. The molecule has 0 aliphatic rings. The Morgan fingerprint density at radius 3 is 1.66 bits per heavy atom. The second-order valence-corrected chi connectivity index (χ2v) is 13.3. The maximum absolute atomic E-state index is 13.4. The number of halogens is 2. The first-order valence-electron chi connectivity index (χ1n) is 16.1. The molecule has 0 bridgehead atoms. The predicted molar refractivity (Wildman–Crippen MR) is 168 cm³/mol. The Balaban J connectivity index is 3.45. The maximum Gasteiger partial charge on any atom is 0.327 e. The number of unbranched alkanes of at least 4 members (excludes halogenated alkanes) is 16. The molecule has 0 aromatic rings. The molecule has 38 heavy (non-hydrogen) atoms. The van der Waals surface area contributed by atoms with E-state index in [0.717, 1.165) is 69.3 Å². The van der Waals surface area contributed by atoms with Crippen molar-refractivity contribution in [2.24, 2.45) is 0 Å². The zero-order valence-corrected chi connectivity index (χ0v) is 27.3. The molecule has 0 spiro atoms. The Bertz CT molecular complexity index is 535. The van der Waals surface area contributed by atoms with Gasteiger partial charge >= 0.3 is 11.9 Å². The van der Waals surface area contributed by atoms with Crippen molar-refractivity contribution in [3.8, 4) is 0 Å². The summed E-state index contributed by atoms with van der Waals surface area (Å²) in [5.41, 5.74) is 0. The molecule has 0 aliphatic heterocycles. The standard InChI is InChI=1S/C32H60BrFO3S/c1-3-5-6-7-8-9-10-11-12-13-16-19-25-30(33)32(36)37-31(35)26-20-22-28-38-27-21-17-14-15-18-24-29(34)23-4-2/h29-30H,3-28H2,1-2H3. The van der Waals surface area contributed by atoms with Crippen LogP contribution in [0.4, 0.5) is 4.39 Å². The van der Waals surface area contributed by atoms with Crippen LogP contribution >= 0.6 is 27.7 Å². The molecule has 0 aliphatic carbocycles. The Morgan fingerprint density at radius 1 is 0.632 bits per heavy atom. The predicted octanol–water partition coefficient (Wildman–Crippen LogP) is 11.3. The average molecular weight is 624 g/mol. The fourth-order valence-corrected chi connectivity index (χ4v) is 6.08. The van der Waals surface area contributed by atoms with Crippen LogP contribution in [-0.2, 0) is 14.3 Å². The van der Waals surface area contributed by atoms with Crippen LogP contribution in [0, 0.1) is 0 Å². The summed E-state index contributed by atoms with van der Waals surface area (Å²) in [6.07, 6.45) is 25.9. The number of esters is 2. The molecular formula is C32H60BrFO3S. The Labute approximate surface area is 248 Å². The summed E-state index contributed by atoms with van der Waals surface area (Å²) in [6.45, 7) is 4.30. The summed E-state index contributed by atoms with van der Waals surface area (Å²) in [5, 5.41) is 0. The van der Waals surface area contributed by atoms with Crippen LogP contribution in [0.15, 0.2) is 0 Å². The van der Waals surface area contributed by atoms with Crippen molar-refractivity contribution in [3.63, 3.8) is 0 Å². The number of alkyl halides is 2. The lowest BCUT2D eigenvalue weighted by atomic mass is 10.0. The van der Waals surface area contributed by atoms with E-state index in [1.807, 2.05) is 18.7 Å².